The molecule has 2 aliphatic rings. The lowest BCUT2D eigenvalue weighted by molar-refractivity contribution is -0.123. The Kier molecular flexibility index (Phi) is 5.67. The summed E-state index contributed by atoms with van der Waals surface area (Å²) in [6, 6.07) is 6.62. The van der Waals surface area contributed by atoms with Gasteiger partial charge in [-0.1, -0.05) is 19.3 Å². The molecule has 5 nitrogen and oxygen atoms in total. The van der Waals surface area contributed by atoms with Gasteiger partial charge in [-0.25, -0.2) is 0 Å². The van der Waals surface area contributed by atoms with Crippen molar-refractivity contribution in [2.24, 2.45) is 0 Å². The first-order valence-electron chi connectivity index (χ1n) is 10.4. The highest BCUT2D eigenvalue weighted by Gasteiger charge is 2.25. The minimum Gasteiger partial charge on any atom is -0.497 e. The molecule has 1 saturated carbocycles. The zero-order chi connectivity index (χ0) is 18.6. The Labute approximate surface area is 161 Å². The van der Waals surface area contributed by atoms with Gasteiger partial charge in [0, 0.05) is 23.1 Å². The standard InChI is InChI=1S/C22H31N3O2/c1-27-18-7-8-21-19(13-18)20(14-23-21)16-9-11-25(12-10-16)15-22(26)24-17-5-3-2-4-6-17/h7-8,13-14,16-17,23H,2-6,9-12,15H2,1H3,(H,24,26). The molecular weight excluding hydrogens is 338 g/mol. The number of H-pyrrole nitrogens is 1. The van der Waals surface area contributed by atoms with E-state index in [0.29, 0.717) is 18.5 Å². The van der Waals surface area contributed by atoms with Gasteiger partial charge in [-0.2, -0.15) is 0 Å². The van der Waals surface area contributed by atoms with Gasteiger partial charge < -0.3 is 15.0 Å². The lowest BCUT2D eigenvalue weighted by Crippen LogP contribution is -2.44. The molecule has 27 heavy (non-hydrogen) atoms. The van der Waals surface area contributed by atoms with Gasteiger partial charge in [0.2, 0.25) is 5.91 Å². The number of amides is 1. The summed E-state index contributed by atoms with van der Waals surface area (Å²) in [5.41, 5.74) is 2.55. The molecule has 2 heterocycles. The van der Waals surface area contributed by atoms with Crippen molar-refractivity contribution in [2.75, 3.05) is 26.7 Å². The Morgan fingerprint density at radius 3 is 2.70 bits per heavy atom. The molecule has 1 aromatic heterocycles. The first-order valence-corrected chi connectivity index (χ1v) is 10.4. The number of carbonyl (C=O) groups is 1. The van der Waals surface area contributed by atoms with Crippen LogP contribution in [0.3, 0.4) is 0 Å². The summed E-state index contributed by atoms with van der Waals surface area (Å²) in [5.74, 6) is 1.65. The average molecular weight is 370 g/mol. The van der Waals surface area contributed by atoms with E-state index in [4.69, 9.17) is 4.74 Å². The predicted octanol–water partition coefficient (Wildman–Crippen LogP) is 3.80. The van der Waals surface area contributed by atoms with Gasteiger partial charge in [0.15, 0.2) is 0 Å². The van der Waals surface area contributed by atoms with Crippen molar-refractivity contribution >= 4 is 16.8 Å². The van der Waals surface area contributed by atoms with Gasteiger partial charge in [0.1, 0.15) is 5.75 Å². The fourth-order valence-electron chi connectivity index (χ4n) is 4.71. The molecule has 146 valence electrons. The van der Waals surface area contributed by atoms with Crippen LogP contribution in [0, 0.1) is 0 Å². The maximum absolute atomic E-state index is 12.4. The van der Waals surface area contributed by atoms with E-state index in [2.05, 4.69) is 33.5 Å². The third kappa shape index (κ3) is 4.29. The fourth-order valence-corrected chi connectivity index (χ4v) is 4.71. The Bertz CT molecular complexity index is 771. The zero-order valence-electron chi connectivity index (χ0n) is 16.3. The van der Waals surface area contributed by atoms with Crippen LogP contribution in [0.15, 0.2) is 24.4 Å². The smallest absolute Gasteiger partial charge is 0.234 e. The molecule has 1 saturated heterocycles. The molecule has 0 spiro atoms. The van der Waals surface area contributed by atoms with E-state index in [-0.39, 0.29) is 5.91 Å². The number of likely N-dealkylation sites (tertiary alicyclic amines) is 1. The molecule has 1 aromatic carbocycles. The van der Waals surface area contributed by atoms with Gasteiger partial charge in [0.25, 0.3) is 0 Å². The normalized spacial score (nSPS) is 20.0. The Balaban J connectivity index is 1.31. The number of hydrogen-bond acceptors (Lipinski definition) is 3. The molecule has 0 unspecified atom stereocenters. The average Bonchev–Trinajstić information content (AvgIpc) is 3.12. The van der Waals surface area contributed by atoms with Crippen molar-refractivity contribution in [3.05, 3.63) is 30.0 Å². The minimum absolute atomic E-state index is 0.206. The van der Waals surface area contributed by atoms with Crippen LogP contribution in [0.4, 0.5) is 0 Å². The van der Waals surface area contributed by atoms with Crippen LogP contribution in [0.25, 0.3) is 10.9 Å². The molecule has 2 N–H and O–H groups in total. The highest BCUT2D eigenvalue weighted by atomic mass is 16.5. The summed E-state index contributed by atoms with van der Waals surface area (Å²) in [4.78, 5) is 18.1. The molecule has 1 aliphatic heterocycles. The van der Waals surface area contributed by atoms with Crippen LogP contribution in [-0.4, -0.2) is 48.6 Å². The lowest BCUT2D eigenvalue weighted by Gasteiger charge is -2.32. The molecule has 1 amide bonds. The first-order chi connectivity index (χ1) is 13.2. The summed E-state index contributed by atoms with van der Waals surface area (Å²) in [7, 11) is 1.71. The molecular formula is C22H31N3O2. The molecule has 0 atom stereocenters. The van der Waals surface area contributed by atoms with Crippen LogP contribution in [-0.2, 0) is 4.79 Å². The van der Waals surface area contributed by atoms with Crippen LogP contribution >= 0.6 is 0 Å². The van der Waals surface area contributed by atoms with E-state index >= 15 is 0 Å². The number of rotatable bonds is 5. The van der Waals surface area contributed by atoms with E-state index in [0.717, 1.165) is 44.5 Å². The number of nitrogens with zero attached hydrogens (tertiary/aromatic N) is 1. The number of fused-ring (bicyclic) bond motifs is 1. The first kappa shape index (κ1) is 18.4. The predicted molar refractivity (Wildman–Crippen MR) is 108 cm³/mol. The summed E-state index contributed by atoms with van der Waals surface area (Å²) >= 11 is 0. The second kappa shape index (κ2) is 8.34. The van der Waals surface area contributed by atoms with E-state index in [1.54, 1.807) is 7.11 Å². The second-order valence-electron chi connectivity index (χ2n) is 8.11. The monoisotopic (exact) mass is 369 g/mol. The Morgan fingerprint density at radius 2 is 1.96 bits per heavy atom. The number of benzene rings is 1. The highest BCUT2D eigenvalue weighted by Crippen LogP contribution is 2.34. The van der Waals surface area contributed by atoms with Crippen molar-refractivity contribution in [3.63, 3.8) is 0 Å². The molecule has 1 aliphatic carbocycles. The third-order valence-corrected chi connectivity index (χ3v) is 6.29. The van der Waals surface area contributed by atoms with Crippen LogP contribution in [0.5, 0.6) is 5.75 Å². The fraction of sp³-hybridized carbons (Fsp3) is 0.591. The molecule has 0 bridgehead atoms. The van der Waals surface area contributed by atoms with Crippen molar-refractivity contribution in [3.8, 4) is 5.75 Å². The van der Waals surface area contributed by atoms with Crippen molar-refractivity contribution in [1.29, 1.82) is 0 Å². The second-order valence-corrected chi connectivity index (χ2v) is 8.11. The van der Waals surface area contributed by atoms with Crippen molar-refractivity contribution in [2.45, 2.75) is 56.9 Å². The number of carbonyl (C=O) groups excluding carboxylic acids is 1. The Morgan fingerprint density at radius 1 is 1.19 bits per heavy atom. The van der Waals surface area contributed by atoms with Gasteiger partial charge in [-0.05, 0) is 68.5 Å². The molecule has 0 radical (unpaired) electrons. The summed E-state index contributed by atoms with van der Waals surface area (Å²) in [5, 5.41) is 4.51. The topological polar surface area (TPSA) is 57.4 Å². The minimum atomic E-state index is 0.206. The van der Waals surface area contributed by atoms with E-state index in [9.17, 15) is 4.79 Å². The van der Waals surface area contributed by atoms with Gasteiger partial charge >= 0.3 is 0 Å². The largest absolute Gasteiger partial charge is 0.497 e. The van der Waals surface area contributed by atoms with Crippen molar-refractivity contribution < 1.29 is 9.53 Å². The number of piperidine rings is 1. The lowest BCUT2D eigenvalue weighted by atomic mass is 9.89. The Hall–Kier alpha value is -2.01. The van der Waals surface area contributed by atoms with Crippen LogP contribution < -0.4 is 10.1 Å². The van der Waals surface area contributed by atoms with E-state index in [1.807, 2.05) is 6.07 Å². The molecule has 4 rings (SSSR count). The number of hydrogen-bond donors (Lipinski definition) is 2. The number of nitrogens with one attached hydrogen (secondary N) is 2. The van der Waals surface area contributed by atoms with Gasteiger partial charge in [-0.15, -0.1) is 0 Å². The SMILES string of the molecule is COc1ccc2[nH]cc(C3CCN(CC(=O)NC4CCCCC4)CC3)c2c1. The van der Waals surface area contributed by atoms with Gasteiger partial charge in [0.05, 0.1) is 13.7 Å². The number of ether oxygens (including phenoxy) is 1. The summed E-state index contributed by atoms with van der Waals surface area (Å²) in [6.45, 7) is 2.52. The molecule has 5 heteroatoms. The van der Waals surface area contributed by atoms with E-state index < -0.39 is 0 Å². The maximum atomic E-state index is 12.4. The number of aromatic amines is 1. The van der Waals surface area contributed by atoms with E-state index in [1.165, 1.54) is 35.7 Å². The molecule has 2 aromatic rings. The highest BCUT2D eigenvalue weighted by molar-refractivity contribution is 5.85. The number of methoxy groups -OCH3 is 1. The summed E-state index contributed by atoms with van der Waals surface area (Å²) < 4.78 is 5.39. The molecule has 2 fully saturated rings. The third-order valence-electron chi connectivity index (χ3n) is 6.29. The number of aromatic nitrogens is 1. The van der Waals surface area contributed by atoms with Crippen LogP contribution in [0.1, 0.15) is 56.4 Å². The van der Waals surface area contributed by atoms with Crippen molar-refractivity contribution in [1.82, 2.24) is 15.2 Å². The maximum Gasteiger partial charge on any atom is 0.234 e. The van der Waals surface area contributed by atoms with Gasteiger partial charge in [-0.3, -0.25) is 9.69 Å². The van der Waals surface area contributed by atoms with Crippen LogP contribution in [0.2, 0.25) is 0 Å². The summed E-state index contributed by atoms with van der Waals surface area (Å²) in [6.07, 6.45) is 10.5. The quantitative estimate of drug-likeness (QED) is 0.843. The zero-order valence-corrected chi connectivity index (χ0v) is 16.3.